The van der Waals surface area contributed by atoms with Gasteiger partial charge in [0.15, 0.2) is 5.69 Å². The number of aromatic nitrogens is 2. The molecular formula is C14H19F3N4O. The van der Waals surface area contributed by atoms with Gasteiger partial charge in [0.2, 0.25) is 5.91 Å². The van der Waals surface area contributed by atoms with Crippen molar-refractivity contribution in [3.05, 3.63) is 17.5 Å². The van der Waals surface area contributed by atoms with Crippen LogP contribution < -0.4 is 11.1 Å². The number of halogens is 3. The molecule has 1 aromatic rings. The molecule has 1 aromatic heterocycles. The second-order valence-electron chi connectivity index (χ2n) is 6.35. The summed E-state index contributed by atoms with van der Waals surface area (Å²) in [4.78, 5) is 12.2. The molecule has 3 rings (SSSR count). The second kappa shape index (κ2) is 5.26. The van der Waals surface area contributed by atoms with Crippen LogP contribution in [0.15, 0.2) is 6.07 Å². The summed E-state index contributed by atoms with van der Waals surface area (Å²) in [6.07, 6.45) is -1.87. The Balaban J connectivity index is 1.57. The van der Waals surface area contributed by atoms with Crippen LogP contribution in [-0.2, 0) is 24.6 Å². The topological polar surface area (TPSA) is 72.9 Å². The van der Waals surface area contributed by atoms with Crippen molar-refractivity contribution in [2.24, 2.45) is 30.5 Å². The predicted molar refractivity (Wildman–Crippen MR) is 72.4 cm³/mol. The monoisotopic (exact) mass is 316 g/mol. The number of nitrogens with one attached hydrogen (secondary N) is 1. The van der Waals surface area contributed by atoms with Gasteiger partial charge >= 0.3 is 6.18 Å². The lowest BCUT2D eigenvalue weighted by Gasteiger charge is -2.37. The molecule has 0 aliphatic heterocycles. The summed E-state index contributed by atoms with van der Waals surface area (Å²) in [5, 5.41) is 6.15. The van der Waals surface area contributed by atoms with Crippen LogP contribution >= 0.6 is 0 Å². The molecule has 2 fully saturated rings. The first kappa shape index (κ1) is 15.3. The molecule has 0 radical (unpaired) electrons. The Morgan fingerprint density at radius 1 is 1.45 bits per heavy atom. The molecule has 2 aliphatic rings. The Hall–Kier alpha value is -1.57. The standard InChI is InChI=1S/C14H19F3N4O/c1-21-9(5-12(20-21)14(15,16)17)6-19-13(22)8-2-7-4-11(18)10(7)3-8/h5,7-8,10-11H,2-4,6,18H2,1H3,(H,19,22). The van der Waals surface area contributed by atoms with Gasteiger partial charge in [0.1, 0.15) is 0 Å². The molecule has 2 saturated carbocycles. The highest BCUT2D eigenvalue weighted by atomic mass is 19.4. The second-order valence-corrected chi connectivity index (χ2v) is 6.35. The van der Waals surface area contributed by atoms with Gasteiger partial charge in [-0.1, -0.05) is 0 Å². The van der Waals surface area contributed by atoms with Crippen LogP contribution in [0.2, 0.25) is 0 Å². The number of fused-ring (bicyclic) bond motifs is 1. The summed E-state index contributed by atoms with van der Waals surface area (Å²) in [6.45, 7) is 0.0519. The third kappa shape index (κ3) is 2.71. The van der Waals surface area contributed by atoms with Gasteiger partial charge in [0.05, 0.1) is 12.2 Å². The van der Waals surface area contributed by atoms with Crippen molar-refractivity contribution >= 4 is 5.91 Å². The zero-order chi connectivity index (χ0) is 16.1. The molecule has 0 aromatic carbocycles. The van der Waals surface area contributed by atoms with Gasteiger partial charge in [-0.2, -0.15) is 18.3 Å². The van der Waals surface area contributed by atoms with E-state index < -0.39 is 11.9 Å². The van der Waals surface area contributed by atoms with E-state index in [4.69, 9.17) is 5.73 Å². The number of aryl methyl sites for hydroxylation is 1. The van der Waals surface area contributed by atoms with E-state index in [1.165, 1.54) is 7.05 Å². The van der Waals surface area contributed by atoms with Gasteiger partial charge in [-0.25, -0.2) is 0 Å². The van der Waals surface area contributed by atoms with E-state index in [0.29, 0.717) is 17.5 Å². The third-order valence-corrected chi connectivity index (χ3v) is 4.96. The van der Waals surface area contributed by atoms with Crippen molar-refractivity contribution < 1.29 is 18.0 Å². The van der Waals surface area contributed by atoms with Crippen molar-refractivity contribution in [1.82, 2.24) is 15.1 Å². The maximum atomic E-state index is 12.6. The molecule has 2 aliphatic carbocycles. The van der Waals surface area contributed by atoms with E-state index in [1.54, 1.807) is 0 Å². The Morgan fingerprint density at radius 2 is 2.18 bits per heavy atom. The highest BCUT2D eigenvalue weighted by Crippen LogP contribution is 2.48. The largest absolute Gasteiger partial charge is 0.435 e. The highest BCUT2D eigenvalue weighted by molar-refractivity contribution is 5.79. The number of alkyl halides is 3. The lowest BCUT2D eigenvalue weighted by molar-refractivity contribution is -0.141. The van der Waals surface area contributed by atoms with Crippen LogP contribution in [0.1, 0.15) is 30.7 Å². The normalized spacial score (nSPS) is 30.8. The Bertz CT molecular complexity index is 583. The SMILES string of the molecule is Cn1nc(C(F)(F)F)cc1CNC(=O)C1CC2CC(N)C2C1. The maximum absolute atomic E-state index is 12.6. The lowest BCUT2D eigenvalue weighted by Crippen LogP contribution is -2.44. The Kier molecular flexibility index (Phi) is 3.66. The summed E-state index contributed by atoms with van der Waals surface area (Å²) in [5.74, 6) is 0.804. The summed E-state index contributed by atoms with van der Waals surface area (Å²) < 4.78 is 38.9. The molecule has 22 heavy (non-hydrogen) atoms. The number of nitrogens with zero attached hydrogens (tertiary/aromatic N) is 2. The van der Waals surface area contributed by atoms with E-state index >= 15 is 0 Å². The van der Waals surface area contributed by atoms with Gasteiger partial charge in [0, 0.05) is 19.0 Å². The van der Waals surface area contributed by atoms with E-state index in [2.05, 4.69) is 10.4 Å². The van der Waals surface area contributed by atoms with E-state index in [1.807, 2.05) is 0 Å². The summed E-state index contributed by atoms with van der Waals surface area (Å²) >= 11 is 0. The zero-order valence-corrected chi connectivity index (χ0v) is 12.2. The van der Waals surface area contributed by atoms with Gasteiger partial charge < -0.3 is 11.1 Å². The average Bonchev–Trinajstić information content (AvgIpc) is 2.96. The van der Waals surface area contributed by atoms with E-state index in [9.17, 15) is 18.0 Å². The number of nitrogens with two attached hydrogens (primary N) is 1. The lowest BCUT2D eigenvalue weighted by atomic mass is 9.72. The average molecular weight is 316 g/mol. The molecule has 4 unspecified atom stereocenters. The minimum Gasteiger partial charge on any atom is -0.350 e. The van der Waals surface area contributed by atoms with Crippen molar-refractivity contribution in [2.45, 2.75) is 38.0 Å². The molecule has 5 nitrogen and oxygen atoms in total. The fourth-order valence-electron chi connectivity index (χ4n) is 3.63. The van der Waals surface area contributed by atoms with E-state index in [0.717, 1.165) is 30.0 Å². The fourth-order valence-corrected chi connectivity index (χ4v) is 3.63. The fraction of sp³-hybridized carbons (Fsp3) is 0.714. The Morgan fingerprint density at radius 3 is 2.73 bits per heavy atom. The quantitative estimate of drug-likeness (QED) is 0.886. The van der Waals surface area contributed by atoms with Crippen LogP contribution in [-0.4, -0.2) is 21.7 Å². The molecule has 3 N–H and O–H groups in total. The number of amides is 1. The zero-order valence-electron chi connectivity index (χ0n) is 12.2. The van der Waals surface area contributed by atoms with Gasteiger partial charge in [-0.15, -0.1) is 0 Å². The van der Waals surface area contributed by atoms with Crippen molar-refractivity contribution in [3.8, 4) is 0 Å². The molecule has 1 heterocycles. The molecular weight excluding hydrogens is 297 g/mol. The van der Waals surface area contributed by atoms with Crippen molar-refractivity contribution in [2.75, 3.05) is 0 Å². The number of carbonyl (C=O) groups is 1. The minimum atomic E-state index is -4.47. The van der Waals surface area contributed by atoms with Crippen LogP contribution in [0, 0.1) is 17.8 Å². The van der Waals surface area contributed by atoms with Crippen LogP contribution in [0.25, 0.3) is 0 Å². The molecule has 1 amide bonds. The van der Waals surface area contributed by atoms with Crippen LogP contribution in [0.3, 0.4) is 0 Å². The van der Waals surface area contributed by atoms with Crippen molar-refractivity contribution in [1.29, 1.82) is 0 Å². The summed E-state index contributed by atoms with van der Waals surface area (Å²) in [7, 11) is 1.44. The number of rotatable bonds is 3. The van der Waals surface area contributed by atoms with Gasteiger partial charge in [0.25, 0.3) is 0 Å². The van der Waals surface area contributed by atoms with Crippen molar-refractivity contribution in [3.63, 3.8) is 0 Å². The number of carbonyl (C=O) groups excluding carboxylic acids is 1. The molecule has 0 bridgehead atoms. The van der Waals surface area contributed by atoms with Crippen LogP contribution in [0.4, 0.5) is 13.2 Å². The highest BCUT2D eigenvalue weighted by Gasteiger charge is 2.47. The summed E-state index contributed by atoms with van der Waals surface area (Å²) in [5.41, 5.74) is 5.30. The Labute approximate surface area is 126 Å². The minimum absolute atomic E-state index is 0.0519. The first-order chi connectivity index (χ1) is 10.3. The predicted octanol–water partition coefficient (Wildman–Crippen LogP) is 1.43. The molecule has 122 valence electrons. The first-order valence-corrected chi connectivity index (χ1v) is 7.39. The third-order valence-electron chi connectivity index (χ3n) is 4.96. The smallest absolute Gasteiger partial charge is 0.350 e. The molecule has 4 atom stereocenters. The first-order valence-electron chi connectivity index (χ1n) is 7.39. The van der Waals surface area contributed by atoms with E-state index in [-0.39, 0.29) is 24.4 Å². The van der Waals surface area contributed by atoms with Gasteiger partial charge in [-0.3, -0.25) is 9.48 Å². The van der Waals surface area contributed by atoms with Crippen LogP contribution in [0.5, 0.6) is 0 Å². The molecule has 0 saturated heterocycles. The number of hydrogen-bond donors (Lipinski definition) is 2. The summed E-state index contributed by atoms with van der Waals surface area (Å²) in [6, 6.07) is 1.17. The maximum Gasteiger partial charge on any atom is 0.435 e. The molecule has 0 spiro atoms. The molecule has 8 heteroatoms. The van der Waals surface area contributed by atoms with Gasteiger partial charge in [-0.05, 0) is 37.2 Å². The number of hydrogen-bond acceptors (Lipinski definition) is 3.